The summed E-state index contributed by atoms with van der Waals surface area (Å²) >= 11 is 0. The van der Waals surface area contributed by atoms with Gasteiger partial charge in [-0.15, -0.1) is 0 Å². The highest BCUT2D eigenvalue weighted by Crippen LogP contribution is 2.30. The average molecular weight is 303 g/mol. The van der Waals surface area contributed by atoms with E-state index in [4.69, 9.17) is 10.5 Å². The van der Waals surface area contributed by atoms with Gasteiger partial charge >= 0.3 is 0 Å². The van der Waals surface area contributed by atoms with Gasteiger partial charge in [0, 0.05) is 23.8 Å². The van der Waals surface area contributed by atoms with Crippen molar-refractivity contribution >= 4 is 23.2 Å². The van der Waals surface area contributed by atoms with Gasteiger partial charge in [0.25, 0.3) is 5.91 Å². The Hall–Kier alpha value is -1.92. The van der Waals surface area contributed by atoms with Crippen molar-refractivity contribution in [3.05, 3.63) is 24.3 Å². The Morgan fingerprint density at radius 3 is 2.36 bits per heavy atom. The molecule has 0 aromatic heterocycles. The van der Waals surface area contributed by atoms with Crippen molar-refractivity contribution in [2.24, 2.45) is 11.7 Å². The molecule has 2 aliphatic rings. The van der Waals surface area contributed by atoms with Crippen LogP contribution in [-0.4, -0.2) is 30.6 Å². The molecular weight excluding hydrogens is 282 g/mol. The summed E-state index contributed by atoms with van der Waals surface area (Å²) in [5.74, 6) is 0.0355. The zero-order valence-electron chi connectivity index (χ0n) is 12.4. The molecule has 22 heavy (non-hydrogen) atoms. The minimum absolute atomic E-state index is 0.0279. The third-order valence-electron chi connectivity index (χ3n) is 4.01. The lowest BCUT2D eigenvalue weighted by molar-refractivity contribution is -0.126. The smallest absolute Gasteiger partial charge is 0.253 e. The van der Waals surface area contributed by atoms with Gasteiger partial charge in [0.15, 0.2) is 0 Å². The second-order valence-corrected chi connectivity index (χ2v) is 5.89. The van der Waals surface area contributed by atoms with Crippen molar-refractivity contribution in [2.75, 3.05) is 17.2 Å². The molecule has 0 bridgehead atoms. The fourth-order valence-electron chi connectivity index (χ4n) is 2.56. The van der Waals surface area contributed by atoms with Crippen molar-refractivity contribution in [1.29, 1.82) is 0 Å². The second kappa shape index (κ2) is 6.46. The number of nitrogens with one attached hydrogen (secondary N) is 2. The second-order valence-electron chi connectivity index (χ2n) is 5.89. The molecule has 1 saturated heterocycles. The van der Waals surface area contributed by atoms with Crippen LogP contribution in [0, 0.1) is 5.92 Å². The van der Waals surface area contributed by atoms with E-state index >= 15 is 0 Å². The van der Waals surface area contributed by atoms with Crippen LogP contribution in [0.15, 0.2) is 24.3 Å². The van der Waals surface area contributed by atoms with Crippen LogP contribution >= 0.6 is 0 Å². The predicted octanol–water partition coefficient (Wildman–Crippen LogP) is 1.48. The number of ether oxygens (including phenoxy) is 1. The van der Waals surface area contributed by atoms with Crippen LogP contribution < -0.4 is 16.4 Å². The molecule has 0 radical (unpaired) electrons. The highest BCUT2D eigenvalue weighted by molar-refractivity contribution is 5.97. The molecule has 0 unspecified atom stereocenters. The van der Waals surface area contributed by atoms with Crippen molar-refractivity contribution < 1.29 is 14.3 Å². The van der Waals surface area contributed by atoms with Gasteiger partial charge in [0.05, 0.1) is 6.10 Å². The van der Waals surface area contributed by atoms with Crippen LogP contribution in [0.3, 0.4) is 0 Å². The highest BCUT2D eigenvalue weighted by atomic mass is 16.5. The van der Waals surface area contributed by atoms with Gasteiger partial charge in [-0.2, -0.15) is 0 Å². The Morgan fingerprint density at radius 2 is 1.77 bits per heavy atom. The normalized spacial score (nSPS) is 24.0. The number of benzene rings is 1. The average Bonchev–Trinajstić information content (AvgIpc) is 3.25. The standard InChI is InChI=1S/C16H21N3O3/c17-9-13-6-7-14(22-13)16(21)19-12-3-1-2-11(8-12)18-15(20)10-4-5-10/h1-3,8,10,13-14H,4-7,9,17H2,(H,18,20)(H,19,21)/t13-,14+/m1/s1. The molecule has 4 N–H and O–H groups in total. The molecule has 1 aromatic carbocycles. The van der Waals surface area contributed by atoms with E-state index < -0.39 is 6.10 Å². The number of hydrogen-bond donors (Lipinski definition) is 3. The Balaban J connectivity index is 1.57. The molecule has 6 heteroatoms. The maximum atomic E-state index is 12.2. The fraction of sp³-hybridized carbons (Fsp3) is 0.500. The van der Waals surface area contributed by atoms with Gasteiger partial charge in [-0.1, -0.05) is 6.07 Å². The lowest BCUT2D eigenvalue weighted by atomic mass is 10.2. The fourth-order valence-corrected chi connectivity index (χ4v) is 2.56. The summed E-state index contributed by atoms with van der Waals surface area (Å²) in [7, 11) is 0. The van der Waals surface area contributed by atoms with Gasteiger partial charge in [0.1, 0.15) is 6.10 Å². The van der Waals surface area contributed by atoms with Crippen LogP contribution in [0.5, 0.6) is 0 Å². The van der Waals surface area contributed by atoms with E-state index in [0.717, 1.165) is 19.3 Å². The predicted molar refractivity (Wildman–Crippen MR) is 83.4 cm³/mol. The van der Waals surface area contributed by atoms with Crippen LogP contribution in [0.25, 0.3) is 0 Å². The molecule has 118 valence electrons. The molecule has 6 nitrogen and oxygen atoms in total. The Kier molecular flexibility index (Phi) is 4.40. The number of hydrogen-bond acceptors (Lipinski definition) is 4. The summed E-state index contributed by atoms with van der Waals surface area (Å²) in [4.78, 5) is 23.9. The summed E-state index contributed by atoms with van der Waals surface area (Å²) in [5.41, 5.74) is 6.89. The van der Waals surface area contributed by atoms with Crippen LogP contribution in [0.1, 0.15) is 25.7 Å². The van der Waals surface area contributed by atoms with Crippen LogP contribution in [-0.2, 0) is 14.3 Å². The van der Waals surface area contributed by atoms with E-state index in [1.807, 2.05) is 6.07 Å². The van der Waals surface area contributed by atoms with Gasteiger partial charge in [-0.25, -0.2) is 0 Å². The highest BCUT2D eigenvalue weighted by Gasteiger charge is 2.30. The topological polar surface area (TPSA) is 93.5 Å². The lowest BCUT2D eigenvalue weighted by Crippen LogP contribution is -2.29. The molecule has 1 saturated carbocycles. The van der Waals surface area contributed by atoms with Crippen molar-refractivity contribution in [3.63, 3.8) is 0 Å². The number of carbonyl (C=O) groups is 2. The zero-order chi connectivity index (χ0) is 15.5. The van der Waals surface area contributed by atoms with E-state index in [9.17, 15) is 9.59 Å². The summed E-state index contributed by atoms with van der Waals surface area (Å²) < 4.78 is 5.57. The number of rotatable bonds is 5. The summed E-state index contributed by atoms with van der Waals surface area (Å²) in [6.07, 6.45) is 2.95. The van der Waals surface area contributed by atoms with E-state index in [1.165, 1.54) is 0 Å². The lowest BCUT2D eigenvalue weighted by Gasteiger charge is -2.13. The summed E-state index contributed by atoms with van der Waals surface area (Å²) in [6.45, 7) is 0.437. The van der Waals surface area contributed by atoms with E-state index in [1.54, 1.807) is 18.2 Å². The van der Waals surface area contributed by atoms with Crippen molar-refractivity contribution in [3.8, 4) is 0 Å². The number of nitrogens with two attached hydrogens (primary N) is 1. The van der Waals surface area contributed by atoms with Gasteiger partial charge in [0.2, 0.25) is 5.91 Å². The molecule has 1 aromatic rings. The molecular formula is C16H21N3O3. The zero-order valence-corrected chi connectivity index (χ0v) is 12.4. The van der Waals surface area contributed by atoms with E-state index in [-0.39, 0.29) is 23.8 Å². The number of carbonyl (C=O) groups excluding carboxylic acids is 2. The van der Waals surface area contributed by atoms with E-state index in [2.05, 4.69) is 10.6 Å². The molecule has 2 fully saturated rings. The Morgan fingerprint density at radius 1 is 1.09 bits per heavy atom. The Bertz CT molecular complexity index is 572. The maximum Gasteiger partial charge on any atom is 0.253 e. The summed E-state index contributed by atoms with van der Waals surface area (Å²) in [5, 5.41) is 5.70. The van der Waals surface area contributed by atoms with Crippen LogP contribution in [0.2, 0.25) is 0 Å². The van der Waals surface area contributed by atoms with Crippen LogP contribution in [0.4, 0.5) is 11.4 Å². The quantitative estimate of drug-likeness (QED) is 0.768. The molecule has 2 atom stereocenters. The first-order chi connectivity index (χ1) is 10.7. The first kappa shape index (κ1) is 15.0. The van der Waals surface area contributed by atoms with Gasteiger partial charge in [-0.05, 0) is 43.9 Å². The molecule has 3 rings (SSSR count). The molecule has 2 amide bonds. The molecule has 1 heterocycles. The minimum Gasteiger partial charge on any atom is -0.364 e. The number of anilines is 2. The molecule has 1 aliphatic heterocycles. The van der Waals surface area contributed by atoms with Gasteiger partial charge < -0.3 is 21.1 Å². The van der Waals surface area contributed by atoms with Gasteiger partial charge in [-0.3, -0.25) is 9.59 Å². The number of amides is 2. The first-order valence-corrected chi connectivity index (χ1v) is 7.73. The monoisotopic (exact) mass is 303 g/mol. The molecule has 0 spiro atoms. The third kappa shape index (κ3) is 3.64. The maximum absolute atomic E-state index is 12.2. The first-order valence-electron chi connectivity index (χ1n) is 7.73. The largest absolute Gasteiger partial charge is 0.364 e. The third-order valence-corrected chi connectivity index (χ3v) is 4.01. The minimum atomic E-state index is -0.446. The summed E-state index contributed by atoms with van der Waals surface area (Å²) in [6, 6.07) is 7.16. The van der Waals surface area contributed by atoms with Crippen molar-refractivity contribution in [1.82, 2.24) is 0 Å². The Labute approximate surface area is 129 Å². The molecule has 1 aliphatic carbocycles. The SMILES string of the molecule is NC[C@H]1CC[C@@H](C(=O)Nc2cccc(NC(=O)C3CC3)c2)O1. The van der Waals surface area contributed by atoms with E-state index in [0.29, 0.717) is 24.3 Å². The van der Waals surface area contributed by atoms with Crippen molar-refractivity contribution in [2.45, 2.75) is 37.9 Å².